The number of carboxylic acid groups (broad SMARTS) is 1. The first-order valence-corrected chi connectivity index (χ1v) is 0.928. The van der Waals surface area contributed by atoms with Gasteiger partial charge in [0.15, 0.2) is 0 Å². The zero-order chi connectivity index (χ0) is 3.58. The van der Waals surface area contributed by atoms with E-state index in [9.17, 15) is 0 Å². The van der Waals surface area contributed by atoms with E-state index in [1.165, 1.54) is 0 Å². The Bertz CT molecular complexity index is 38.7. The van der Waals surface area contributed by atoms with Crippen molar-refractivity contribution in [2.75, 3.05) is 0 Å². The fraction of sp³-hybridized carbons (Fsp3) is 0.500. The first-order valence-electron chi connectivity index (χ1n) is 0.928. The van der Waals surface area contributed by atoms with Crippen molar-refractivity contribution < 1.29 is 11.3 Å². The summed E-state index contributed by atoms with van der Waals surface area (Å²) in [5.74, 6) is -0.833. The van der Waals surface area contributed by atoms with Crippen molar-refractivity contribution >= 4 is 43.9 Å². The molecule has 0 aliphatic rings. The Hall–Kier alpha value is 0.535. The molecule has 2 nitrogen and oxygen atoms in total. The van der Waals surface area contributed by atoms with Crippen LogP contribution in [0.5, 0.6) is 0 Å². The second-order valence-electron chi connectivity index (χ2n) is 0.519. The Morgan fingerprint density at radius 1 is 1.83 bits per heavy atom. The molecule has 0 aromatic rings. The molecule has 0 amide bonds. The topological polar surface area (TPSA) is 37.3 Å². The molecule has 0 aliphatic heterocycles. The molecule has 0 spiro atoms. The molecule has 0 atom stereocenters. The Labute approximate surface area is 62.3 Å². The predicted molar refractivity (Wildman–Crippen MR) is 32.5 cm³/mol. The molecule has 4 heteroatoms. The van der Waals surface area contributed by atoms with Gasteiger partial charge in [-0.2, -0.15) is 0 Å². The summed E-state index contributed by atoms with van der Waals surface area (Å²) in [7, 11) is 0. The summed E-state index contributed by atoms with van der Waals surface area (Å²) in [6.45, 7) is 1.08. The summed E-state index contributed by atoms with van der Waals surface area (Å²) < 4.78 is 0. The van der Waals surface area contributed by atoms with Crippen LogP contribution in [0.25, 0.3) is 0 Å². The number of aliphatic carboxylic acids is 1. The monoisotopic (exact) mass is 101 g/mol. The van der Waals surface area contributed by atoms with Gasteiger partial charge in [0.1, 0.15) is 0 Å². The van der Waals surface area contributed by atoms with E-state index in [4.69, 9.17) is 9.90 Å². The van der Waals surface area contributed by atoms with Crippen molar-refractivity contribution in [3.8, 4) is 0 Å². The second kappa shape index (κ2) is 9.11. The van der Waals surface area contributed by atoms with Gasteiger partial charge in [-0.25, -0.2) is 0 Å². The van der Waals surface area contributed by atoms with E-state index in [1.807, 2.05) is 0 Å². The molecule has 1 N–H and O–H groups in total. The molecule has 0 bridgehead atoms. The van der Waals surface area contributed by atoms with Crippen molar-refractivity contribution in [3.05, 3.63) is 0 Å². The van der Waals surface area contributed by atoms with E-state index >= 15 is 0 Å². The summed E-state index contributed by atoms with van der Waals surface area (Å²) in [6.07, 6.45) is 0. The Kier molecular flexibility index (Phi) is 24.3. The number of rotatable bonds is 0. The summed E-state index contributed by atoms with van der Waals surface area (Å²) >= 11 is 0. The van der Waals surface area contributed by atoms with Crippen molar-refractivity contribution in [3.63, 3.8) is 0 Å². The molecule has 0 fully saturated rings. The average molecular weight is 101 g/mol. The zero-order valence-electron chi connectivity index (χ0n) is 2.36. The summed E-state index contributed by atoms with van der Waals surface area (Å²) in [5.41, 5.74) is 0. The van der Waals surface area contributed by atoms with Crippen LogP contribution < -0.4 is 0 Å². The van der Waals surface area contributed by atoms with E-state index in [2.05, 4.69) is 0 Å². The van der Waals surface area contributed by atoms with Crippen LogP contribution in [0.1, 0.15) is 8.35 Å². The quantitative estimate of drug-likeness (QED) is 0.377. The molecule has 0 aliphatic carbocycles. The van der Waals surface area contributed by atoms with Crippen molar-refractivity contribution in [1.82, 2.24) is 0 Å². The molecule has 0 aromatic carbocycles. The van der Waals surface area contributed by atoms with Gasteiger partial charge in [0.05, 0.1) is 8.41 Å². The van der Waals surface area contributed by atoms with Crippen molar-refractivity contribution in [2.45, 2.75) is 6.92 Å². The fourth-order valence-electron chi connectivity index (χ4n) is 0. The maximum absolute atomic E-state index is 9.00. The summed E-state index contributed by atoms with van der Waals surface area (Å²) in [4.78, 5) is 9.00. The van der Waals surface area contributed by atoms with Gasteiger partial charge in [0.2, 0.25) is 0 Å². The van der Waals surface area contributed by atoms with Crippen LogP contribution in [0.4, 0.5) is 0 Å². The molecule has 0 saturated carbocycles. The third-order valence-corrected chi connectivity index (χ3v) is 0. The van der Waals surface area contributed by atoms with E-state index in [0.717, 1.165) is 6.92 Å². The SMILES string of the molecule is B.CC(=O)O.[2HH].[NaH]. The van der Waals surface area contributed by atoms with E-state index in [-0.39, 0.29) is 39.4 Å². The molecule has 6 heavy (non-hydrogen) atoms. The Morgan fingerprint density at radius 2 is 1.83 bits per heavy atom. The van der Waals surface area contributed by atoms with Crippen LogP contribution in [-0.4, -0.2) is 49.0 Å². The molecule has 0 rings (SSSR count). The molecule has 34 valence electrons. The number of carboxylic acids is 1. The molecular formula is C2H10BNaO2. The fourth-order valence-corrected chi connectivity index (χ4v) is 0. The molecular weight excluding hydrogens is 89.8 g/mol. The van der Waals surface area contributed by atoms with Crippen LogP contribution in [-0.2, 0) is 4.79 Å². The third kappa shape index (κ3) is 198. The van der Waals surface area contributed by atoms with Gasteiger partial charge in [0.25, 0.3) is 5.97 Å². The number of hydrogen-bond acceptors (Lipinski definition) is 1. The second-order valence-corrected chi connectivity index (χ2v) is 0.519. The Morgan fingerprint density at radius 3 is 1.83 bits per heavy atom. The van der Waals surface area contributed by atoms with Crippen LogP contribution in [0.2, 0.25) is 0 Å². The van der Waals surface area contributed by atoms with E-state index < -0.39 is 5.97 Å². The van der Waals surface area contributed by atoms with E-state index in [1.54, 1.807) is 0 Å². The normalized spacial score (nSPS) is 4.17. The first-order chi connectivity index (χ1) is 1.73. The Balaban J connectivity index is -0.0000000150. The number of hydrogen-bond donors (Lipinski definition) is 1. The van der Waals surface area contributed by atoms with Gasteiger partial charge in [-0.15, -0.1) is 0 Å². The van der Waals surface area contributed by atoms with Gasteiger partial charge >= 0.3 is 29.6 Å². The third-order valence-electron chi connectivity index (χ3n) is 0. The molecule has 0 unspecified atom stereocenters. The standard InChI is InChI=1S/C2H4O2.BH3.Na.H2.H/c1-2(3)4;;;;/h1H3,(H,3,4);1H3;;1H;/i;;;1+1;. The molecule has 0 heterocycles. The number of carbonyl (C=O) groups is 1. The van der Waals surface area contributed by atoms with Gasteiger partial charge in [0, 0.05) is 8.35 Å². The summed E-state index contributed by atoms with van der Waals surface area (Å²) in [5, 5.41) is 7.42. The summed E-state index contributed by atoms with van der Waals surface area (Å²) in [6, 6.07) is 0. The molecule has 0 radical (unpaired) electrons. The van der Waals surface area contributed by atoms with Crippen molar-refractivity contribution in [2.24, 2.45) is 0 Å². The van der Waals surface area contributed by atoms with Gasteiger partial charge in [-0.05, 0) is 0 Å². The van der Waals surface area contributed by atoms with Crippen LogP contribution in [0.15, 0.2) is 0 Å². The first kappa shape index (κ1) is 16.0. The minimum absolute atomic E-state index is 0. The van der Waals surface area contributed by atoms with Gasteiger partial charge < -0.3 is 5.11 Å². The average Bonchev–Trinajstić information content (AvgIpc) is 0.811. The molecule has 0 saturated heterocycles. The van der Waals surface area contributed by atoms with Crippen LogP contribution >= 0.6 is 0 Å². The predicted octanol–water partition coefficient (Wildman–Crippen LogP) is -1.50. The maximum atomic E-state index is 9.00. The van der Waals surface area contributed by atoms with Crippen molar-refractivity contribution in [1.29, 1.82) is 0 Å². The van der Waals surface area contributed by atoms with Crippen LogP contribution in [0.3, 0.4) is 0 Å². The van der Waals surface area contributed by atoms with Crippen LogP contribution in [0, 0.1) is 0 Å². The zero-order valence-corrected chi connectivity index (χ0v) is 2.36. The minimum atomic E-state index is -0.833. The van der Waals surface area contributed by atoms with Gasteiger partial charge in [-0.3, -0.25) is 4.79 Å². The van der Waals surface area contributed by atoms with E-state index in [0.29, 0.717) is 0 Å². The van der Waals surface area contributed by atoms with Gasteiger partial charge in [-0.1, -0.05) is 0 Å². The molecule has 0 aromatic heterocycles.